The number of carbonyl (C=O) groups excluding carboxylic acids is 1. The van der Waals surface area contributed by atoms with Gasteiger partial charge in [0.25, 0.3) is 0 Å². The standard InChI is InChI=1S/C14H26N2OS/c1-4-5-14(6-7-15-10-14)13(17)16-8-11(2)18-12(3)9-16/h11-12,15H,4-10H2,1-3H3. The first-order valence-electron chi connectivity index (χ1n) is 7.23. The largest absolute Gasteiger partial charge is 0.340 e. The van der Waals surface area contributed by atoms with E-state index in [1.165, 1.54) is 0 Å². The summed E-state index contributed by atoms with van der Waals surface area (Å²) in [5.41, 5.74) is -0.101. The van der Waals surface area contributed by atoms with Crippen molar-refractivity contribution in [2.24, 2.45) is 5.41 Å². The van der Waals surface area contributed by atoms with Gasteiger partial charge in [-0.05, 0) is 19.4 Å². The zero-order valence-electron chi connectivity index (χ0n) is 11.9. The predicted molar refractivity (Wildman–Crippen MR) is 77.9 cm³/mol. The molecule has 4 heteroatoms. The van der Waals surface area contributed by atoms with Gasteiger partial charge in [0.1, 0.15) is 0 Å². The van der Waals surface area contributed by atoms with Crippen molar-refractivity contribution in [2.75, 3.05) is 26.2 Å². The number of nitrogens with zero attached hydrogens (tertiary/aromatic N) is 1. The molecule has 0 aliphatic carbocycles. The van der Waals surface area contributed by atoms with Crippen LogP contribution in [0.2, 0.25) is 0 Å². The van der Waals surface area contributed by atoms with Gasteiger partial charge in [0, 0.05) is 30.1 Å². The van der Waals surface area contributed by atoms with E-state index < -0.39 is 0 Å². The van der Waals surface area contributed by atoms with Crippen LogP contribution in [0, 0.1) is 5.41 Å². The van der Waals surface area contributed by atoms with Gasteiger partial charge < -0.3 is 10.2 Å². The van der Waals surface area contributed by atoms with Crippen molar-refractivity contribution in [1.29, 1.82) is 0 Å². The molecular formula is C14H26N2OS. The molecule has 2 rings (SSSR count). The van der Waals surface area contributed by atoms with Crippen LogP contribution in [0.5, 0.6) is 0 Å². The summed E-state index contributed by atoms with van der Waals surface area (Å²) in [7, 11) is 0. The van der Waals surface area contributed by atoms with Crippen LogP contribution in [0.3, 0.4) is 0 Å². The van der Waals surface area contributed by atoms with Crippen LogP contribution in [0.4, 0.5) is 0 Å². The second-order valence-electron chi connectivity index (χ2n) is 5.92. The van der Waals surface area contributed by atoms with Gasteiger partial charge in [0.15, 0.2) is 0 Å². The van der Waals surface area contributed by atoms with E-state index in [2.05, 4.69) is 31.0 Å². The summed E-state index contributed by atoms with van der Waals surface area (Å²) in [5, 5.41) is 4.54. The summed E-state index contributed by atoms with van der Waals surface area (Å²) < 4.78 is 0. The topological polar surface area (TPSA) is 32.3 Å². The molecule has 0 bridgehead atoms. The van der Waals surface area contributed by atoms with E-state index in [4.69, 9.17) is 0 Å². The molecule has 2 heterocycles. The Kier molecular flexibility index (Phi) is 4.59. The Bertz CT molecular complexity index is 292. The lowest BCUT2D eigenvalue weighted by Gasteiger charge is -2.40. The zero-order valence-corrected chi connectivity index (χ0v) is 12.7. The van der Waals surface area contributed by atoms with Gasteiger partial charge in [-0.25, -0.2) is 0 Å². The van der Waals surface area contributed by atoms with Crippen molar-refractivity contribution in [2.45, 2.75) is 50.5 Å². The molecule has 2 saturated heterocycles. The van der Waals surface area contributed by atoms with E-state index in [1.807, 2.05) is 11.8 Å². The molecule has 1 N–H and O–H groups in total. The second kappa shape index (κ2) is 5.83. The summed E-state index contributed by atoms with van der Waals surface area (Å²) in [6.45, 7) is 10.4. The average Bonchev–Trinajstić information content (AvgIpc) is 2.77. The first kappa shape index (κ1) is 14.2. The molecule has 3 atom stereocenters. The van der Waals surface area contributed by atoms with Gasteiger partial charge in [-0.3, -0.25) is 4.79 Å². The Morgan fingerprint density at radius 2 is 2.06 bits per heavy atom. The minimum atomic E-state index is -0.101. The number of hydrogen-bond acceptors (Lipinski definition) is 3. The second-order valence-corrected chi connectivity index (χ2v) is 7.81. The van der Waals surface area contributed by atoms with E-state index in [-0.39, 0.29) is 5.41 Å². The fraction of sp³-hybridized carbons (Fsp3) is 0.929. The molecule has 0 radical (unpaired) electrons. The molecule has 2 aliphatic heterocycles. The van der Waals surface area contributed by atoms with E-state index in [1.54, 1.807) is 0 Å². The summed E-state index contributed by atoms with van der Waals surface area (Å²) in [4.78, 5) is 15.0. The third-order valence-corrected chi connectivity index (χ3v) is 5.36. The van der Waals surface area contributed by atoms with Crippen LogP contribution >= 0.6 is 11.8 Å². The highest BCUT2D eigenvalue weighted by Crippen LogP contribution is 2.35. The van der Waals surface area contributed by atoms with Gasteiger partial charge in [-0.2, -0.15) is 11.8 Å². The van der Waals surface area contributed by atoms with Crippen LogP contribution < -0.4 is 5.32 Å². The SMILES string of the molecule is CCCC1(C(=O)N2CC(C)SC(C)C2)CCNC1. The average molecular weight is 270 g/mol. The fourth-order valence-electron chi connectivity index (χ4n) is 3.40. The van der Waals surface area contributed by atoms with Crippen LogP contribution in [-0.4, -0.2) is 47.5 Å². The van der Waals surface area contributed by atoms with E-state index in [9.17, 15) is 4.79 Å². The Balaban J connectivity index is 2.08. The first-order chi connectivity index (χ1) is 8.57. The maximum atomic E-state index is 12.9. The minimum Gasteiger partial charge on any atom is -0.340 e. The lowest BCUT2D eigenvalue weighted by molar-refractivity contribution is -0.141. The molecule has 0 spiro atoms. The zero-order chi connectivity index (χ0) is 13.2. The lowest BCUT2D eigenvalue weighted by Crippen LogP contribution is -2.51. The van der Waals surface area contributed by atoms with Gasteiger partial charge in [-0.1, -0.05) is 27.2 Å². The number of nitrogens with one attached hydrogen (secondary N) is 1. The maximum absolute atomic E-state index is 12.9. The summed E-state index contributed by atoms with van der Waals surface area (Å²) in [6.07, 6.45) is 3.15. The highest BCUT2D eigenvalue weighted by Gasteiger charge is 2.43. The molecule has 0 saturated carbocycles. The molecule has 2 fully saturated rings. The van der Waals surface area contributed by atoms with Crippen molar-refractivity contribution >= 4 is 17.7 Å². The smallest absolute Gasteiger partial charge is 0.230 e. The summed E-state index contributed by atoms with van der Waals surface area (Å²) >= 11 is 2.01. The molecule has 0 aromatic rings. The van der Waals surface area contributed by atoms with Gasteiger partial charge in [-0.15, -0.1) is 0 Å². The van der Waals surface area contributed by atoms with Crippen LogP contribution in [-0.2, 0) is 4.79 Å². The third-order valence-electron chi connectivity index (χ3n) is 4.13. The van der Waals surface area contributed by atoms with E-state index in [0.717, 1.165) is 45.4 Å². The molecule has 2 aliphatic rings. The Labute approximate surface area is 115 Å². The number of thioether (sulfide) groups is 1. The molecule has 3 unspecified atom stereocenters. The van der Waals surface area contributed by atoms with Crippen molar-refractivity contribution in [1.82, 2.24) is 10.2 Å². The minimum absolute atomic E-state index is 0.101. The van der Waals surface area contributed by atoms with Crippen LogP contribution in [0.1, 0.15) is 40.0 Å². The lowest BCUT2D eigenvalue weighted by atomic mass is 9.81. The van der Waals surface area contributed by atoms with Gasteiger partial charge >= 0.3 is 0 Å². The quantitative estimate of drug-likeness (QED) is 0.852. The molecule has 1 amide bonds. The Morgan fingerprint density at radius 3 is 2.56 bits per heavy atom. The first-order valence-corrected chi connectivity index (χ1v) is 8.17. The van der Waals surface area contributed by atoms with E-state index in [0.29, 0.717) is 16.4 Å². The number of rotatable bonds is 3. The van der Waals surface area contributed by atoms with Crippen LogP contribution in [0.15, 0.2) is 0 Å². The Morgan fingerprint density at radius 1 is 1.39 bits per heavy atom. The van der Waals surface area contributed by atoms with Gasteiger partial charge in [0.05, 0.1) is 5.41 Å². The number of carbonyl (C=O) groups is 1. The molecule has 3 nitrogen and oxygen atoms in total. The monoisotopic (exact) mass is 270 g/mol. The molecule has 0 aromatic carbocycles. The highest BCUT2D eigenvalue weighted by atomic mass is 32.2. The maximum Gasteiger partial charge on any atom is 0.230 e. The third kappa shape index (κ3) is 2.85. The fourth-order valence-corrected chi connectivity index (χ4v) is 4.73. The highest BCUT2D eigenvalue weighted by molar-refractivity contribution is 8.00. The predicted octanol–water partition coefficient (Wildman–Crippen LogP) is 2.12. The molecule has 18 heavy (non-hydrogen) atoms. The normalized spacial score (nSPS) is 36.9. The molecular weight excluding hydrogens is 244 g/mol. The summed E-state index contributed by atoms with van der Waals surface area (Å²) in [5.74, 6) is 0.411. The number of amides is 1. The summed E-state index contributed by atoms with van der Waals surface area (Å²) in [6, 6.07) is 0. The van der Waals surface area contributed by atoms with Crippen LogP contribution in [0.25, 0.3) is 0 Å². The van der Waals surface area contributed by atoms with Crippen molar-refractivity contribution in [3.05, 3.63) is 0 Å². The van der Waals surface area contributed by atoms with Crippen molar-refractivity contribution in [3.8, 4) is 0 Å². The van der Waals surface area contributed by atoms with E-state index >= 15 is 0 Å². The molecule has 0 aromatic heterocycles. The molecule has 104 valence electrons. The van der Waals surface area contributed by atoms with Gasteiger partial charge in [0.2, 0.25) is 5.91 Å². The van der Waals surface area contributed by atoms with Crippen molar-refractivity contribution in [3.63, 3.8) is 0 Å². The van der Waals surface area contributed by atoms with Crippen molar-refractivity contribution < 1.29 is 4.79 Å². The number of hydrogen-bond donors (Lipinski definition) is 1. The Hall–Kier alpha value is -0.220.